The monoisotopic (exact) mass is 262 g/mol. The minimum absolute atomic E-state index is 0.0600. The van der Waals surface area contributed by atoms with E-state index in [1.54, 1.807) is 12.1 Å². The van der Waals surface area contributed by atoms with Gasteiger partial charge >= 0.3 is 0 Å². The summed E-state index contributed by atoms with van der Waals surface area (Å²) in [6, 6.07) is 7.24. The Balaban J connectivity index is 2.93. The van der Waals surface area contributed by atoms with Crippen molar-refractivity contribution in [3.63, 3.8) is 0 Å². The molecule has 1 aromatic carbocycles. The third-order valence-corrected chi connectivity index (χ3v) is 3.17. The highest BCUT2D eigenvalue weighted by molar-refractivity contribution is 5.93. The number of amides is 1. The smallest absolute Gasteiger partial charge is 0.228 e. The van der Waals surface area contributed by atoms with Crippen molar-refractivity contribution in [2.45, 2.75) is 41.5 Å². The van der Waals surface area contributed by atoms with E-state index in [0.29, 0.717) is 5.69 Å². The molecular formula is C16H26N2O. The molecule has 0 unspecified atom stereocenters. The largest absolute Gasteiger partial charge is 0.399 e. The van der Waals surface area contributed by atoms with Crippen LogP contribution in [0.3, 0.4) is 0 Å². The van der Waals surface area contributed by atoms with E-state index in [1.165, 1.54) is 0 Å². The summed E-state index contributed by atoms with van der Waals surface area (Å²) in [5.41, 5.74) is 6.95. The molecule has 3 N–H and O–H groups in total. The standard InChI is InChI=1S/C16H26N2O/c1-15(2,3)13(16(4,5)6)14(19)18-12-9-7-11(17)8-10-12/h7-10,13H,17H2,1-6H3,(H,18,19). The van der Waals surface area contributed by atoms with Crippen LogP contribution in [0.4, 0.5) is 11.4 Å². The number of nitrogen functional groups attached to an aromatic ring is 1. The molecule has 1 aromatic rings. The molecule has 0 fully saturated rings. The average Bonchev–Trinajstić information content (AvgIpc) is 2.16. The van der Waals surface area contributed by atoms with E-state index in [4.69, 9.17) is 5.73 Å². The van der Waals surface area contributed by atoms with Crippen molar-refractivity contribution in [3.05, 3.63) is 24.3 Å². The molecule has 0 radical (unpaired) electrons. The van der Waals surface area contributed by atoms with Crippen LogP contribution in [0.15, 0.2) is 24.3 Å². The topological polar surface area (TPSA) is 55.1 Å². The van der Waals surface area contributed by atoms with Crippen LogP contribution < -0.4 is 11.1 Å². The lowest BCUT2D eigenvalue weighted by Crippen LogP contribution is -2.42. The Morgan fingerprint density at radius 2 is 1.42 bits per heavy atom. The van der Waals surface area contributed by atoms with Crippen LogP contribution >= 0.6 is 0 Å². The second-order valence-electron chi connectivity index (χ2n) is 7.28. The van der Waals surface area contributed by atoms with Crippen LogP contribution in [0, 0.1) is 16.7 Å². The van der Waals surface area contributed by atoms with Crippen molar-refractivity contribution in [2.24, 2.45) is 16.7 Å². The van der Waals surface area contributed by atoms with Crippen LogP contribution in [-0.4, -0.2) is 5.91 Å². The van der Waals surface area contributed by atoms with E-state index in [9.17, 15) is 4.79 Å². The summed E-state index contributed by atoms with van der Waals surface area (Å²) in [4.78, 5) is 12.5. The molecule has 106 valence electrons. The van der Waals surface area contributed by atoms with Gasteiger partial charge in [-0.2, -0.15) is 0 Å². The zero-order chi connectivity index (χ0) is 14.8. The van der Waals surface area contributed by atoms with E-state index in [2.05, 4.69) is 46.9 Å². The minimum atomic E-state index is -0.0872. The minimum Gasteiger partial charge on any atom is -0.399 e. The number of carbonyl (C=O) groups is 1. The quantitative estimate of drug-likeness (QED) is 0.794. The van der Waals surface area contributed by atoms with Crippen molar-refractivity contribution < 1.29 is 4.79 Å². The highest BCUT2D eigenvalue weighted by Gasteiger charge is 2.40. The Kier molecular flexibility index (Phi) is 4.28. The fourth-order valence-electron chi connectivity index (χ4n) is 2.87. The molecule has 0 spiro atoms. The first-order valence-corrected chi connectivity index (χ1v) is 6.68. The fourth-order valence-corrected chi connectivity index (χ4v) is 2.87. The van der Waals surface area contributed by atoms with Crippen LogP contribution in [0.25, 0.3) is 0 Å². The van der Waals surface area contributed by atoms with Gasteiger partial charge in [0.25, 0.3) is 0 Å². The van der Waals surface area contributed by atoms with Gasteiger partial charge in [-0.3, -0.25) is 4.79 Å². The third-order valence-electron chi connectivity index (χ3n) is 3.17. The molecule has 0 aliphatic heterocycles. The lowest BCUT2D eigenvalue weighted by molar-refractivity contribution is -0.127. The van der Waals surface area contributed by atoms with Crippen LogP contribution in [-0.2, 0) is 4.79 Å². The van der Waals surface area contributed by atoms with Crippen molar-refractivity contribution in [1.82, 2.24) is 0 Å². The van der Waals surface area contributed by atoms with Crippen molar-refractivity contribution >= 4 is 17.3 Å². The predicted octanol–water partition coefficient (Wildman–Crippen LogP) is 3.92. The van der Waals surface area contributed by atoms with Crippen molar-refractivity contribution in [3.8, 4) is 0 Å². The van der Waals surface area contributed by atoms with Gasteiger partial charge in [0.1, 0.15) is 0 Å². The number of nitrogens with one attached hydrogen (secondary N) is 1. The number of hydrogen-bond donors (Lipinski definition) is 2. The van der Waals surface area contributed by atoms with E-state index >= 15 is 0 Å². The molecule has 0 heterocycles. The molecule has 0 atom stereocenters. The van der Waals surface area contributed by atoms with Crippen LogP contribution in [0.5, 0.6) is 0 Å². The first kappa shape index (κ1) is 15.5. The Bertz CT molecular complexity index is 421. The molecular weight excluding hydrogens is 236 g/mol. The second kappa shape index (κ2) is 5.24. The zero-order valence-corrected chi connectivity index (χ0v) is 12.9. The predicted molar refractivity (Wildman–Crippen MR) is 81.9 cm³/mol. The number of carbonyl (C=O) groups excluding carboxylic acids is 1. The number of rotatable bonds is 2. The van der Waals surface area contributed by atoms with Gasteiger partial charge in [0, 0.05) is 17.3 Å². The van der Waals surface area contributed by atoms with Crippen LogP contribution in [0.2, 0.25) is 0 Å². The van der Waals surface area contributed by atoms with Gasteiger partial charge in [-0.25, -0.2) is 0 Å². The number of anilines is 2. The Labute approximate surface area is 116 Å². The second-order valence-corrected chi connectivity index (χ2v) is 7.28. The maximum Gasteiger partial charge on any atom is 0.228 e. The summed E-state index contributed by atoms with van der Waals surface area (Å²) in [5.74, 6) is -0.0117. The van der Waals surface area contributed by atoms with E-state index < -0.39 is 0 Å². The number of nitrogens with two attached hydrogens (primary N) is 1. The van der Waals surface area contributed by atoms with Gasteiger partial charge in [-0.05, 0) is 35.1 Å². The van der Waals surface area contributed by atoms with E-state index in [1.807, 2.05) is 12.1 Å². The summed E-state index contributed by atoms with van der Waals surface area (Å²) in [5, 5.41) is 2.99. The Morgan fingerprint density at radius 3 is 1.79 bits per heavy atom. The molecule has 0 aliphatic rings. The summed E-state index contributed by atoms with van der Waals surface area (Å²) in [6.07, 6.45) is 0. The van der Waals surface area contributed by atoms with E-state index in [-0.39, 0.29) is 22.7 Å². The number of hydrogen-bond acceptors (Lipinski definition) is 2. The molecule has 0 aliphatic carbocycles. The third kappa shape index (κ3) is 4.27. The molecule has 0 saturated carbocycles. The zero-order valence-electron chi connectivity index (χ0n) is 12.9. The summed E-state index contributed by atoms with van der Waals surface area (Å²) < 4.78 is 0. The molecule has 1 amide bonds. The van der Waals surface area contributed by atoms with Gasteiger partial charge in [-0.15, -0.1) is 0 Å². The van der Waals surface area contributed by atoms with Gasteiger partial charge < -0.3 is 11.1 Å². The summed E-state index contributed by atoms with van der Waals surface area (Å²) in [7, 11) is 0. The Hall–Kier alpha value is -1.51. The lowest BCUT2D eigenvalue weighted by Gasteiger charge is -2.39. The fraction of sp³-hybridized carbons (Fsp3) is 0.562. The first-order chi connectivity index (χ1) is 8.51. The van der Waals surface area contributed by atoms with Crippen molar-refractivity contribution in [1.29, 1.82) is 0 Å². The first-order valence-electron chi connectivity index (χ1n) is 6.68. The average molecular weight is 262 g/mol. The molecule has 0 saturated heterocycles. The number of benzene rings is 1. The maximum absolute atomic E-state index is 12.5. The maximum atomic E-state index is 12.5. The highest BCUT2D eigenvalue weighted by Crippen LogP contribution is 2.40. The van der Waals surface area contributed by atoms with Gasteiger partial charge in [0.2, 0.25) is 5.91 Å². The van der Waals surface area contributed by atoms with Gasteiger partial charge in [0.15, 0.2) is 0 Å². The lowest BCUT2D eigenvalue weighted by atomic mass is 9.66. The molecule has 0 bridgehead atoms. The highest BCUT2D eigenvalue weighted by atomic mass is 16.2. The summed E-state index contributed by atoms with van der Waals surface area (Å²) in [6.45, 7) is 12.6. The van der Waals surface area contributed by atoms with Crippen LogP contribution in [0.1, 0.15) is 41.5 Å². The molecule has 3 nitrogen and oxygen atoms in total. The Morgan fingerprint density at radius 1 is 1.00 bits per heavy atom. The molecule has 1 rings (SSSR count). The normalized spacial score (nSPS) is 12.6. The van der Waals surface area contributed by atoms with Gasteiger partial charge in [-0.1, -0.05) is 41.5 Å². The van der Waals surface area contributed by atoms with Gasteiger partial charge in [0.05, 0.1) is 0 Å². The molecule has 19 heavy (non-hydrogen) atoms. The summed E-state index contributed by atoms with van der Waals surface area (Å²) >= 11 is 0. The van der Waals surface area contributed by atoms with Crippen molar-refractivity contribution in [2.75, 3.05) is 11.1 Å². The van der Waals surface area contributed by atoms with E-state index in [0.717, 1.165) is 5.69 Å². The SMILES string of the molecule is CC(C)(C)C(C(=O)Nc1ccc(N)cc1)C(C)(C)C. The molecule has 3 heteroatoms. The molecule has 0 aromatic heterocycles.